The number of thiol groups is 1. The minimum atomic E-state index is -0.615. The van der Waals surface area contributed by atoms with E-state index in [1.807, 2.05) is 57.2 Å². The molecule has 0 heterocycles. The number of rotatable bonds is 12. The summed E-state index contributed by atoms with van der Waals surface area (Å²) in [5, 5.41) is 5.34. The van der Waals surface area contributed by atoms with E-state index in [2.05, 4.69) is 23.3 Å². The Kier molecular flexibility index (Phi) is 9.93. The van der Waals surface area contributed by atoms with E-state index in [9.17, 15) is 9.59 Å². The highest BCUT2D eigenvalue weighted by Crippen LogP contribution is 2.16. The Morgan fingerprint density at radius 2 is 2.07 bits per heavy atom. The van der Waals surface area contributed by atoms with Crippen LogP contribution in [0.5, 0.6) is 0 Å². The van der Waals surface area contributed by atoms with Gasteiger partial charge in [0.05, 0.1) is 18.0 Å². The van der Waals surface area contributed by atoms with Crippen LogP contribution in [0.15, 0.2) is 42.5 Å². The molecule has 1 aromatic rings. The molecule has 0 aromatic heterocycles. The molecular weight excluding hydrogens is 384 g/mol. The molecule has 1 unspecified atom stereocenters. The van der Waals surface area contributed by atoms with Gasteiger partial charge in [-0.1, -0.05) is 42.5 Å². The normalized spacial score (nSPS) is 13.6. The van der Waals surface area contributed by atoms with Crippen molar-refractivity contribution in [1.82, 2.24) is 10.6 Å². The third kappa shape index (κ3) is 10.6. The quantitative estimate of drug-likeness (QED) is 0.121. The summed E-state index contributed by atoms with van der Waals surface area (Å²) in [6.07, 6.45) is 4.10. The molecule has 8 heteroatoms. The number of carbonyl (C=O) groups excluding carboxylic acids is 2. The molecule has 0 bridgehead atoms. The SMILES string of the molecule is [3H]ON(C/C=C\CSCOC(=O)C(C)(C)C)NC(Cc1ccccc1)C(=O)S. The molecule has 27 heavy (non-hydrogen) atoms. The predicted molar refractivity (Wildman–Crippen MR) is 112 cm³/mol. The maximum atomic E-state index is 11.8. The number of nitrogens with one attached hydrogen (secondary N) is 1. The molecule has 150 valence electrons. The van der Waals surface area contributed by atoms with E-state index in [-0.39, 0.29) is 23.6 Å². The topological polar surface area (TPSA) is 78.9 Å². The second-order valence-corrected chi connectivity index (χ2v) is 8.33. The highest BCUT2D eigenvalue weighted by atomic mass is 32.2. The van der Waals surface area contributed by atoms with Gasteiger partial charge in [0.25, 0.3) is 0 Å². The Morgan fingerprint density at radius 1 is 1.37 bits per heavy atom. The lowest BCUT2D eigenvalue weighted by atomic mass is 9.98. The van der Waals surface area contributed by atoms with Gasteiger partial charge in [-0.3, -0.25) is 14.8 Å². The molecule has 0 saturated carbocycles. The van der Waals surface area contributed by atoms with E-state index in [1.54, 1.807) is 6.08 Å². The number of hydrazine groups is 1. The average molecular weight is 415 g/mol. The molecule has 0 aliphatic heterocycles. The zero-order chi connectivity index (χ0) is 21.0. The van der Waals surface area contributed by atoms with E-state index >= 15 is 0 Å². The minimum absolute atomic E-state index is 0.233. The van der Waals surface area contributed by atoms with Gasteiger partial charge in [-0.05, 0) is 32.8 Å². The van der Waals surface area contributed by atoms with Crippen LogP contribution in [0.4, 0.5) is 0 Å². The molecule has 2 N–H and O–H groups in total. The van der Waals surface area contributed by atoms with Crippen molar-refractivity contribution in [2.75, 3.05) is 18.2 Å². The lowest BCUT2D eigenvalue weighted by Gasteiger charge is -2.21. The maximum absolute atomic E-state index is 11.8. The molecule has 1 rings (SSSR count). The van der Waals surface area contributed by atoms with Crippen LogP contribution in [0, 0.1) is 5.41 Å². The van der Waals surface area contributed by atoms with Gasteiger partial charge in [0.2, 0.25) is 6.55 Å². The first kappa shape index (κ1) is 22.0. The molecule has 0 spiro atoms. The average Bonchev–Trinajstić information content (AvgIpc) is 2.65. The number of nitrogens with zero attached hydrogens (tertiary/aromatic N) is 1. The second-order valence-electron chi connectivity index (χ2n) is 6.91. The minimum Gasteiger partial charge on any atom is -0.454 e. The van der Waals surface area contributed by atoms with Gasteiger partial charge in [0.1, 0.15) is 5.94 Å². The summed E-state index contributed by atoms with van der Waals surface area (Å²) >= 11 is 5.37. The number of ether oxygens (including phenoxy) is 1. The van der Waals surface area contributed by atoms with Crippen LogP contribution in [-0.2, 0) is 20.7 Å². The first-order valence-electron chi connectivity index (χ1n) is 8.98. The zero-order valence-electron chi connectivity index (χ0n) is 16.9. The van der Waals surface area contributed by atoms with Crippen molar-refractivity contribution in [3.8, 4) is 0 Å². The third-order valence-electron chi connectivity index (χ3n) is 3.42. The third-order valence-corrected chi connectivity index (χ3v) is 4.44. The van der Waals surface area contributed by atoms with Crippen molar-refractivity contribution >= 4 is 35.5 Å². The fourth-order valence-electron chi connectivity index (χ4n) is 1.93. The first-order valence-corrected chi connectivity index (χ1v) is 10.2. The number of benzene rings is 1. The van der Waals surface area contributed by atoms with E-state index in [0.717, 1.165) is 10.7 Å². The van der Waals surface area contributed by atoms with Gasteiger partial charge in [0.15, 0.2) is 0 Å². The Balaban J connectivity index is 2.36. The molecule has 0 aliphatic rings. The van der Waals surface area contributed by atoms with Crippen LogP contribution >= 0.6 is 24.4 Å². The van der Waals surface area contributed by atoms with Crippen molar-refractivity contribution in [2.24, 2.45) is 5.41 Å². The van der Waals surface area contributed by atoms with E-state index in [1.165, 1.54) is 11.8 Å². The van der Waals surface area contributed by atoms with Crippen LogP contribution in [0.3, 0.4) is 0 Å². The van der Waals surface area contributed by atoms with Crippen LogP contribution in [-0.4, -0.2) is 45.7 Å². The van der Waals surface area contributed by atoms with Crippen molar-refractivity contribution < 1.29 is 21.0 Å². The molecule has 1 aromatic carbocycles. The largest absolute Gasteiger partial charge is 0.454 e. The number of hydrogen-bond acceptors (Lipinski definition) is 7. The van der Waals surface area contributed by atoms with Crippen molar-refractivity contribution in [3.63, 3.8) is 0 Å². The summed E-state index contributed by atoms with van der Waals surface area (Å²) in [6, 6.07) is 8.92. The number of esters is 1. The number of hydroxylamine groups is 1. The second kappa shape index (κ2) is 12.2. The smallest absolute Gasteiger partial charge is 0.312 e. The number of thioether (sulfide) groups is 1. The van der Waals surface area contributed by atoms with Crippen molar-refractivity contribution in [2.45, 2.75) is 33.2 Å². The van der Waals surface area contributed by atoms with Crippen molar-refractivity contribution in [1.29, 1.82) is 0 Å². The summed E-state index contributed by atoms with van der Waals surface area (Å²) in [6.45, 7) is 5.69. The molecular formula is C19H28N2O4S2. The van der Waals surface area contributed by atoms with E-state index < -0.39 is 11.5 Å². The highest BCUT2D eigenvalue weighted by molar-refractivity contribution is 7.99. The van der Waals surface area contributed by atoms with E-state index in [0.29, 0.717) is 12.2 Å². The Labute approximate surface area is 172 Å². The van der Waals surface area contributed by atoms with Crippen molar-refractivity contribution in [3.05, 3.63) is 48.0 Å². The lowest BCUT2D eigenvalue weighted by molar-refractivity contribution is -0.150. The summed E-state index contributed by atoms with van der Waals surface area (Å²) < 4.78 is 12.3. The lowest BCUT2D eigenvalue weighted by Crippen LogP contribution is -2.46. The van der Waals surface area contributed by atoms with Crippen LogP contribution < -0.4 is 5.43 Å². The predicted octanol–water partition coefficient (Wildman–Crippen LogP) is 3.09. The maximum Gasteiger partial charge on any atom is 0.312 e. The summed E-state index contributed by atoms with van der Waals surface area (Å²) in [5.41, 5.74) is 3.33. The van der Waals surface area contributed by atoms with Gasteiger partial charge in [-0.15, -0.1) is 29.6 Å². The van der Waals surface area contributed by atoms with Gasteiger partial charge in [-0.2, -0.15) is 0 Å². The Bertz CT molecular complexity index is 639. The summed E-state index contributed by atoms with van der Waals surface area (Å²) in [4.78, 5) is 23.4. The van der Waals surface area contributed by atoms with Gasteiger partial charge >= 0.3 is 5.97 Å². The molecule has 1 atom stereocenters. The summed E-state index contributed by atoms with van der Waals surface area (Å²) in [5.74, 6) is 0.690. The van der Waals surface area contributed by atoms with Gasteiger partial charge in [-0.25, -0.2) is 5.43 Å². The monoisotopic (exact) mass is 414 g/mol. The number of carbonyl (C=O) groups is 2. The zero-order valence-corrected chi connectivity index (χ0v) is 17.6. The molecule has 0 aliphatic carbocycles. The van der Waals surface area contributed by atoms with Crippen LogP contribution in [0.2, 0.25) is 1.43 Å². The molecule has 0 saturated heterocycles. The Hall–Kier alpha value is -1.32. The van der Waals surface area contributed by atoms with Crippen LogP contribution in [0.25, 0.3) is 0 Å². The van der Waals surface area contributed by atoms with Gasteiger partial charge in [0, 0.05) is 5.75 Å². The fourth-order valence-corrected chi connectivity index (χ4v) is 2.64. The first-order chi connectivity index (χ1) is 13.2. The fraction of sp³-hybridized carbons (Fsp3) is 0.474. The molecule has 0 fully saturated rings. The standard InChI is InChI=1S/C19H28N2O4S2/c1-19(2,3)18(23)25-14-27-12-8-7-11-21(24)20-16(17(22)26)13-15-9-5-4-6-10-15/h4-10,16,20,24H,11-14H2,1-3H3,(H,22,26)/b8-7-/i24T. The van der Waals surface area contributed by atoms with Gasteiger partial charge < -0.3 is 4.74 Å². The molecule has 0 radical (unpaired) electrons. The van der Waals surface area contributed by atoms with Crippen LogP contribution in [0.1, 0.15) is 26.3 Å². The highest BCUT2D eigenvalue weighted by Gasteiger charge is 2.22. The van der Waals surface area contributed by atoms with E-state index in [4.69, 9.17) is 6.17 Å². The molecule has 0 amide bonds. The Morgan fingerprint density at radius 3 is 2.67 bits per heavy atom. The summed E-state index contributed by atoms with van der Waals surface area (Å²) in [7, 11) is 0. The molecule has 6 nitrogen and oxygen atoms in total. The number of hydrogen-bond donors (Lipinski definition) is 3.